The molecule has 0 unspecified atom stereocenters. The maximum atomic E-state index is 11.8. The molecule has 0 aliphatic heterocycles. The van der Waals surface area contributed by atoms with Gasteiger partial charge in [0.15, 0.2) is 0 Å². The van der Waals surface area contributed by atoms with Crippen molar-refractivity contribution in [3.05, 3.63) is 66.1 Å². The van der Waals surface area contributed by atoms with Crippen molar-refractivity contribution in [3.8, 4) is 0 Å². The van der Waals surface area contributed by atoms with Crippen LogP contribution < -0.4 is 0 Å². The van der Waals surface area contributed by atoms with Gasteiger partial charge in [-0.25, -0.2) is 9.59 Å². The van der Waals surface area contributed by atoms with Gasteiger partial charge in [-0.1, -0.05) is 36.4 Å². The Morgan fingerprint density at radius 1 is 1.14 bits per heavy atom. The van der Waals surface area contributed by atoms with E-state index in [1.54, 1.807) is 12.1 Å². The van der Waals surface area contributed by atoms with Crippen LogP contribution in [0.4, 0.5) is 0 Å². The quantitative estimate of drug-likeness (QED) is 0.791. The highest BCUT2D eigenvalue weighted by atomic mass is 16.6. The first-order valence-corrected chi connectivity index (χ1v) is 6.26. The Morgan fingerprint density at radius 3 is 2.52 bits per heavy atom. The van der Waals surface area contributed by atoms with Crippen molar-refractivity contribution in [2.45, 2.75) is 6.10 Å². The summed E-state index contributed by atoms with van der Waals surface area (Å²) >= 11 is 0. The van der Waals surface area contributed by atoms with Gasteiger partial charge in [-0.3, -0.25) is 0 Å². The summed E-state index contributed by atoms with van der Waals surface area (Å²) in [6, 6.07) is 12.3. The molecule has 0 aliphatic rings. The van der Waals surface area contributed by atoms with Gasteiger partial charge in [0.25, 0.3) is 0 Å². The lowest BCUT2D eigenvalue weighted by Crippen LogP contribution is -2.26. The van der Waals surface area contributed by atoms with Crippen molar-refractivity contribution in [2.75, 3.05) is 7.11 Å². The first-order chi connectivity index (χ1) is 10.2. The lowest BCUT2D eigenvalue weighted by Gasteiger charge is -2.11. The second-order valence-corrected chi connectivity index (χ2v) is 4.10. The zero-order chi connectivity index (χ0) is 15.1. The van der Waals surface area contributed by atoms with Gasteiger partial charge < -0.3 is 13.9 Å². The van der Waals surface area contributed by atoms with Crippen LogP contribution in [0.5, 0.6) is 0 Å². The fourth-order valence-corrected chi connectivity index (χ4v) is 1.61. The molecule has 5 heteroatoms. The van der Waals surface area contributed by atoms with Gasteiger partial charge in [0, 0.05) is 0 Å². The van der Waals surface area contributed by atoms with Gasteiger partial charge >= 0.3 is 11.9 Å². The lowest BCUT2D eigenvalue weighted by molar-refractivity contribution is -0.148. The summed E-state index contributed by atoms with van der Waals surface area (Å²) in [5, 5.41) is 0. The van der Waals surface area contributed by atoms with E-state index in [4.69, 9.17) is 9.15 Å². The monoisotopic (exact) mass is 286 g/mol. The predicted molar refractivity (Wildman–Crippen MR) is 75.4 cm³/mol. The maximum absolute atomic E-state index is 11.8. The number of furan rings is 1. The largest absolute Gasteiger partial charge is 0.466 e. The summed E-state index contributed by atoms with van der Waals surface area (Å²) in [5.74, 6) is -1.37. The molecule has 0 amide bonds. The maximum Gasteiger partial charge on any atom is 0.375 e. The van der Waals surface area contributed by atoms with Crippen LogP contribution in [0.15, 0.2) is 59.2 Å². The predicted octanol–water partition coefficient (Wildman–Crippen LogP) is 2.69. The summed E-state index contributed by atoms with van der Waals surface area (Å²) in [6.07, 6.45) is 3.36. The van der Waals surface area contributed by atoms with E-state index >= 15 is 0 Å². The first kappa shape index (κ1) is 14.6. The third-order valence-corrected chi connectivity index (χ3v) is 2.65. The Balaban J connectivity index is 2.10. The molecule has 5 nitrogen and oxygen atoms in total. The second-order valence-electron chi connectivity index (χ2n) is 4.10. The van der Waals surface area contributed by atoms with E-state index in [1.165, 1.54) is 25.5 Å². The smallest absolute Gasteiger partial charge is 0.375 e. The molecule has 21 heavy (non-hydrogen) atoms. The highest BCUT2D eigenvalue weighted by Gasteiger charge is 2.23. The van der Waals surface area contributed by atoms with Crippen molar-refractivity contribution < 1.29 is 23.5 Å². The van der Waals surface area contributed by atoms with Gasteiger partial charge in [0.05, 0.1) is 13.4 Å². The van der Waals surface area contributed by atoms with Crippen LogP contribution in [0.2, 0.25) is 0 Å². The zero-order valence-electron chi connectivity index (χ0n) is 11.4. The standard InChI is InChI=1S/C16H14O5/c1-19-15(17)14(10-9-12-6-3-2-4-7-12)21-16(18)13-8-5-11-20-13/h2-11,14H,1H3/b10-9+/t14-/m1/s1. The number of hydrogen-bond donors (Lipinski definition) is 0. The van der Waals surface area contributed by atoms with Gasteiger partial charge in [-0.2, -0.15) is 0 Å². The molecular weight excluding hydrogens is 272 g/mol. The molecule has 108 valence electrons. The molecule has 0 spiro atoms. The molecule has 0 aliphatic carbocycles. The number of carbonyl (C=O) groups excluding carboxylic acids is 2. The van der Waals surface area contributed by atoms with E-state index in [0.29, 0.717) is 0 Å². The van der Waals surface area contributed by atoms with Crippen LogP contribution in [0.1, 0.15) is 16.1 Å². The summed E-state index contributed by atoms with van der Waals surface area (Å²) < 4.78 is 14.6. The molecule has 0 fully saturated rings. The fourth-order valence-electron chi connectivity index (χ4n) is 1.61. The normalized spacial score (nSPS) is 12.0. The molecule has 0 saturated heterocycles. The molecule has 1 aromatic heterocycles. The average Bonchev–Trinajstić information content (AvgIpc) is 3.06. The van der Waals surface area contributed by atoms with Gasteiger partial charge in [0.1, 0.15) is 0 Å². The number of rotatable bonds is 5. The third kappa shape index (κ3) is 4.07. The van der Waals surface area contributed by atoms with E-state index < -0.39 is 18.0 Å². The van der Waals surface area contributed by atoms with E-state index in [0.717, 1.165) is 5.56 Å². The number of ether oxygens (including phenoxy) is 2. The Hall–Kier alpha value is -2.82. The van der Waals surface area contributed by atoms with Crippen molar-refractivity contribution >= 4 is 18.0 Å². The minimum absolute atomic E-state index is 0.0250. The van der Waals surface area contributed by atoms with Crippen LogP contribution in [0, 0.1) is 0 Å². The minimum atomic E-state index is -1.13. The molecule has 1 atom stereocenters. The Kier molecular flexibility index (Phi) is 4.93. The van der Waals surface area contributed by atoms with Gasteiger partial charge in [-0.05, 0) is 23.8 Å². The van der Waals surface area contributed by atoms with Crippen LogP contribution in [-0.2, 0) is 14.3 Å². The molecule has 2 aromatic rings. The van der Waals surface area contributed by atoms with Crippen molar-refractivity contribution in [1.82, 2.24) is 0 Å². The summed E-state index contributed by atoms with van der Waals surface area (Å²) in [4.78, 5) is 23.4. The number of carbonyl (C=O) groups is 2. The minimum Gasteiger partial charge on any atom is -0.466 e. The Morgan fingerprint density at radius 2 is 1.90 bits per heavy atom. The topological polar surface area (TPSA) is 65.7 Å². The summed E-state index contributed by atoms with van der Waals surface area (Å²) in [7, 11) is 1.23. The Labute approximate surface area is 121 Å². The molecule has 1 heterocycles. The highest BCUT2D eigenvalue weighted by Crippen LogP contribution is 2.09. The number of benzene rings is 1. The molecule has 0 saturated carbocycles. The zero-order valence-corrected chi connectivity index (χ0v) is 11.4. The molecular formula is C16H14O5. The Bertz CT molecular complexity index is 613. The van der Waals surface area contributed by atoms with Crippen LogP contribution in [0.3, 0.4) is 0 Å². The summed E-state index contributed by atoms with van der Waals surface area (Å²) in [5.41, 5.74) is 0.875. The second kappa shape index (κ2) is 7.09. The lowest BCUT2D eigenvalue weighted by atomic mass is 10.2. The van der Waals surface area contributed by atoms with Crippen molar-refractivity contribution in [1.29, 1.82) is 0 Å². The third-order valence-electron chi connectivity index (χ3n) is 2.65. The first-order valence-electron chi connectivity index (χ1n) is 6.26. The van der Waals surface area contributed by atoms with Crippen molar-refractivity contribution in [3.63, 3.8) is 0 Å². The number of methoxy groups -OCH3 is 1. The van der Waals surface area contributed by atoms with E-state index in [9.17, 15) is 9.59 Å². The molecule has 0 radical (unpaired) electrons. The molecule has 2 rings (SSSR count). The van der Waals surface area contributed by atoms with E-state index in [2.05, 4.69) is 4.74 Å². The van der Waals surface area contributed by atoms with Gasteiger partial charge in [-0.15, -0.1) is 0 Å². The SMILES string of the molecule is COC(=O)[C@@H](/C=C/c1ccccc1)OC(=O)c1ccco1. The fraction of sp³-hybridized carbons (Fsp3) is 0.125. The van der Waals surface area contributed by atoms with E-state index in [1.807, 2.05) is 30.3 Å². The number of esters is 2. The van der Waals surface area contributed by atoms with Crippen molar-refractivity contribution in [2.24, 2.45) is 0 Å². The van der Waals surface area contributed by atoms with Crippen LogP contribution in [0.25, 0.3) is 6.08 Å². The molecule has 0 N–H and O–H groups in total. The van der Waals surface area contributed by atoms with Crippen LogP contribution >= 0.6 is 0 Å². The highest BCUT2D eigenvalue weighted by molar-refractivity contribution is 5.89. The molecule has 0 bridgehead atoms. The van der Waals surface area contributed by atoms with Crippen LogP contribution in [-0.4, -0.2) is 25.2 Å². The molecule has 1 aromatic carbocycles. The average molecular weight is 286 g/mol. The number of hydrogen-bond acceptors (Lipinski definition) is 5. The summed E-state index contributed by atoms with van der Waals surface area (Å²) in [6.45, 7) is 0. The van der Waals surface area contributed by atoms with E-state index in [-0.39, 0.29) is 5.76 Å². The van der Waals surface area contributed by atoms with Gasteiger partial charge in [0.2, 0.25) is 11.9 Å².